The molecule has 8 heteroatoms. The number of rotatable bonds is 8. The number of ketones is 1. The minimum Gasteiger partial charge on any atom is -0.493 e. The molecule has 0 saturated heterocycles. The summed E-state index contributed by atoms with van der Waals surface area (Å²) >= 11 is 0. The SMILES string of the molecule is CCOc1cc([N+](=O)[O-])c(C(=O)OCC(=O)c2ccc(C)c(C)c2)cc1OC. The lowest BCUT2D eigenvalue weighted by Gasteiger charge is -2.11. The Hall–Kier alpha value is -3.42. The number of carbonyl (C=O) groups is 2. The van der Waals surface area contributed by atoms with Crippen LogP contribution < -0.4 is 9.47 Å². The van der Waals surface area contributed by atoms with Gasteiger partial charge in [-0.1, -0.05) is 12.1 Å². The maximum Gasteiger partial charge on any atom is 0.345 e. The number of Topliss-reactive ketones (excluding diaryl/α,β-unsaturated/α-hetero) is 1. The molecule has 0 radical (unpaired) electrons. The zero-order valence-corrected chi connectivity index (χ0v) is 16.1. The fourth-order valence-corrected chi connectivity index (χ4v) is 2.50. The van der Waals surface area contributed by atoms with Crippen LogP contribution in [0.25, 0.3) is 0 Å². The maximum absolute atomic E-state index is 12.4. The first-order valence-corrected chi connectivity index (χ1v) is 8.55. The van der Waals surface area contributed by atoms with Crippen LogP contribution >= 0.6 is 0 Å². The predicted molar refractivity (Wildman–Crippen MR) is 101 cm³/mol. The molecule has 0 aliphatic rings. The Labute approximate surface area is 162 Å². The molecule has 0 atom stereocenters. The molecule has 8 nitrogen and oxygen atoms in total. The topological polar surface area (TPSA) is 105 Å². The highest BCUT2D eigenvalue weighted by atomic mass is 16.6. The second-order valence-corrected chi connectivity index (χ2v) is 6.01. The predicted octanol–water partition coefficient (Wildman–Crippen LogP) is 3.66. The van der Waals surface area contributed by atoms with E-state index in [1.807, 2.05) is 13.8 Å². The Morgan fingerprint density at radius 3 is 2.36 bits per heavy atom. The minimum absolute atomic E-state index is 0.138. The van der Waals surface area contributed by atoms with Crippen LogP contribution in [-0.4, -0.2) is 37.0 Å². The third kappa shape index (κ3) is 4.64. The van der Waals surface area contributed by atoms with E-state index in [4.69, 9.17) is 14.2 Å². The number of benzene rings is 2. The van der Waals surface area contributed by atoms with Gasteiger partial charge in [0.05, 0.1) is 24.7 Å². The van der Waals surface area contributed by atoms with Gasteiger partial charge in [-0.15, -0.1) is 0 Å². The number of aryl methyl sites for hydroxylation is 2. The van der Waals surface area contributed by atoms with Crippen molar-refractivity contribution in [1.29, 1.82) is 0 Å². The van der Waals surface area contributed by atoms with Gasteiger partial charge in [0, 0.05) is 11.6 Å². The van der Waals surface area contributed by atoms with Crippen molar-refractivity contribution in [2.24, 2.45) is 0 Å². The summed E-state index contributed by atoms with van der Waals surface area (Å²) in [6.07, 6.45) is 0. The molecular weight excluding hydrogens is 366 g/mol. The summed E-state index contributed by atoms with van der Waals surface area (Å²) in [4.78, 5) is 35.3. The standard InChI is InChI=1S/C20H21NO7/c1-5-27-19-10-16(21(24)25)15(9-18(19)26-4)20(23)28-11-17(22)14-7-6-12(2)13(3)8-14/h6-10H,5,11H2,1-4H3. The van der Waals surface area contributed by atoms with Crippen molar-refractivity contribution in [2.45, 2.75) is 20.8 Å². The van der Waals surface area contributed by atoms with Gasteiger partial charge >= 0.3 is 5.97 Å². The smallest absolute Gasteiger partial charge is 0.345 e. The fraction of sp³-hybridized carbons (Fsp3) is 0.300. The second-order valence-electron chi connectivity index (χ2n) is 6.01. The van der Waals surface area contributed by atoms with Gasteiger partial charge in [0.15, 0.2) is 23.9 Å². The number of nitro benzene ring substituents is 1. The molecule has 0 amide bonds. The molecule has 0 fully saturated rings. The summed E-state index contributed by atoms with van der Waals surface area (Å²) in [6.45, 7) is 5.23. The molecule has 0 heterocycles. The van der Waals surface area contributed by atoms with Crippen LogP contribution in [0, 0.1) is 24.0 Å². The molecule has 0 spiro atoms. The lowest BCUT2D eigenvalue weighted by molar-refractivity contribution is -0.385. The molecule has 0 aliphatic carbocycles. The van der Waals surface area contributed by atoms with Crippen molar-refractivity contribution in [1.82, 2.24) is 0 Å². The normalized spacial score (nSPS) is 10.3. The van der Waals surface area contributed by atoms with Crippen molar-refractivity contribution < 1.29 is 28.7 Å². The van der Waals surface area contributed by atoms with E-state index in [0.717, 1.165) is 17.2 Å². The molecule has 0 unspecified atom stereocenters. The monoisotopic (exact) mass is 387 g/mol. The first-order chi connectivity index (χ1) is 13.3. The van der Waals surface area contributed by atoms with Gasteiger partial charge in [-0.05, 0) is 38.0 Å². The number of hydrogen-bond donors (Lipinski definition) is 0. The van der Waals surface area contributed by atoms with Crippen molar-refractivity contribution >= 4 is 17.4 Å². The number of carbonyl (C=O) groups excluding carboxylic acids is 2. The number of ether oxygens (including phenoxy) is 3. The van der Waals surface area contributed by atoms with Crippen LogP contribution in [0.5, 0.6) is 11.5 Å². The molecule has 2 rings (SSSR count). The molecule has 0 aliphatic heterocycles. The quantitative estimate of drug-likeness (QED) is 0.294. The number of methoxy groups -OCH3 is 1. The van der Waals surface area contributed by atoms with Crippen molar-refractivity contribution in [3.05, 3.63) is 62.7 Å². The van der Waals surface area contributed by atoms with Crippen LogP contribution in [-0.2, 0) is 4.74 Å². The Morgan fingerprint density at radius 1 is 1.07 bits per heavy atom. The van der Waals surface area contributed by atoms with Gasteiger partial charge < -0.3 is 14.2 Å². The van der Waals surface area contributed by atoms with Crippen molar-refractivity contribution in [3.63, 3.8) is 0 Å². The van der Waals surface area contributed by atoms with Crippen molar-refractivity contribution in [3.8, 4) is 11.5 Å². The second kappa shape index (κ2) is 8.98. The first-order valence-electron chi connectivity index (χ1n) is 8.55. The fourth-order valence-electron chi connectivity index (χ4n) is 2.50. The summed E-state index contributed by atoms with van der Waals surface area (Å²) in [7, 11) is 1.35. The molecular formula is C20H21NO7. The van der Waals surface area contributed by atoms with Gasteiger partial charge in [-0.25, -0.2) is 4.79 Å². The molecule has 0 aromatic heterocycles. The molecule has 0 N–H and O–H groups in total. The highest BCUT2D eigenvalue weighted by Gasteiger charge is 2.26. The Morgan fingerprint density at radius 2 is 1.79 bits per heavy atom. The molecule has 2 aromatic rings. The average Bonchev–Trinajstić information content (AvgIpc) is 2.67. The summed E-state index contributed by atoms with van der Waals surface area (Å²) in [5, 5.41) is 11.3. The molecule has 0 saturated carbocycles. The van der Waals surface area contributed by atoms with E-state index < -0.39 is 29.0 Å². The van der Waals surface area contributed by atoms with E-state index in [0.29, 0.717) is 5.56 Å². The van der Waals surface area contributed by atoms with Crippen LogP contribution in [0.15, 0.2) is 30.3 Å². The van der Waals surface area contributed by atoms with E-state index in [9.17, 15) is 19.7 Å². The molecule has 148 valence electrons. The van der Waals surface area contributed by atoms with E-state index in [1.54, 1.807) is 25.1 Å². The highest BCUT2D eigenvalue weighted by Crippen LogP contribution is 2.35. The van der Waals surface area contributed by atoms with Crippen LogP contribution in [0.2, 0.25) is 0 Å². The van der Waals surface area contributed by atoms with E-state index in [-0.39, 0.29) is 23.7 Å². The molecule has 28 heavy (non-hydrogen) atoms. The molecule has 2 aromatic carbocycles. The van der Waals surface area contributed by atoms with Crippen LogP contribution in [0.4, 0.5) is 5.69 Å². The van der Waals surface area contributed by atoms with Gasteiger partial charge in [0.1, 0.15) is 5.56 Å². The van der Waals surface area contributed by atoms with E-state index in [2.05, 4.69) is 0 Å². The van der Waals surface area contributed by atoms with Gasteiger partial charge in [0.25, 0.3) is 5.69 Å². The Balaban J connectivity index is 2.24. The summed E-state index contributed by atoms with van der Waals surface area (Å²) < 4.78 is 15.4. The van der Waals surface area contributed by atoms with Crippen LogP contribution in [0.1, 0.15) is 38.8 Å². The largest absolute Gasteiger partial charge is 0.493 e. The van der Waals surface area contributed by atoms with Crippen molar-refractivity contribution in [2.75, 3.05) is 20.3 Å². The lowest BCUT2D eigenvalue weighted by atomic mass is 10.0. The average molecular weight is 387 g/mol. The number of nitro groups is 1. The lowest BCUT2D eigenvalue weighted by Crippen LogP contribution is -2.16. The van der Waals surface area contributed by atoms with Gasteiger partial charge in [-0.3, -0.25) is 14.9 Å². The maximum atomic E-state index is 12.4. The highest BCUT2D eigenvalue weighted by molar-refractivity contribution is 6.00. The number of nitrogens with zero attached hydrogens (tertiary/aromatic N) is 1. The molecule has 0 bridgehead atoms. The van der Waals surface area contributed by atoms with Gasteiger partial charge in [0.2, 0.25) is 0 Å². The third-order valence-corrected chi connectivity index (χ3v) is 4.16. The summed E-state index contributed by atoms with van der Waals surface area (Å²) in [5.74, 6) is -1.11. The Kier molecular flexibility index (Phi) is 6.70. The van der Waals surface area contributed by atoms with E-state index >= 15 is 0 Å². The number of esters is 1. The van der Waals surface area contributed by atoms with Crippen LogP contribution in [0.3, 0.4) is 0 Å². The first kappa shape index (κ1) is 20.9. The summed E-state index contributed by atoms with van der Waals surface area (Å²) in [5.41, 5.74) is 1.55. The minimum atomic E-state index is -0.995. The zero-order valence-electron chi connectivity index (χ0n) is 16.1. The van der Waals surface area contributed by atoms with E-state index in [1.165, 1.54) is 13.2 Å². The number of hydrogen-bond acceptors (Lipinski definition) is 7. The third-order valence-electron chi connectivity index (χ3n) is 4.16. The van der Waals surface area contributed by atoms with Gasteiger partial charge in [-0.2, -0.15) is 0 Å². The zero-order chi connectivity index (χ0) is 20.8. The summed E-state index contributed by atoms with van der Waals surface area (Å²) in [6, 6.07) is 7.41. The Bertz CT molecular complexity index is 921.